The van der Waals surface area contributed by atoms with Crippen molar-refractivity contribution in [3.05, 3.63) is 49.0 Å². The van der Waals surface area contributed by atoms with Gasteiger partial charge in [0.1, 0.15) is 0 Å². The van der Waals surface area contributed by atoms with Crippen LogP contribution in [-0.2, 0) is 0 Å². The number of carboxylic acid groups (broad SMARTS) is 1. The van der Waals surface area contributed by atoms with Crippen molar-refractivity contribution in [2.75, 3.05) is 5.32 Å². The zero-order valence-electron chi connectivity index (χ0n) is 9.31. The number of benzene rings is 1. The summed E-state index contributed by atoms with van der Waals surface area (Å²) >= 11 is 7.75. The summed E-state index contributed by atoms with van der Waals surface area (Å²) in [5.74, 6) is -1.43. The Bertz CT molecular complexity index is 654. The van der Waals surface area contributed by atoms with Crippen LogP contribution in [0, 0.1) is 0 Å². The fourth-order valence-corrected chi connectivity index (χ4v) is 3.07. The van der Waals surface area contributed by atoms with E-state index in [0.717, 1.165) is 3.79 Å². The number of carboxylic acids is 1. The maximum absolute atomic E-state index is 12.0. The van der Waals surface area contributed by atoms with Gasteiger partial charge in [-0.05, 0) is 46.3 Å². The zero-order chi connectivity index (χ0) is 14.0. The SMILES string of the molecule is O=C(Nc1ccc(Br)cc1C(=O)O)c1ccc(Br)s1. The summed E-state index contributed by atoms with van der Waals surface area (Å²) in [5, 5.41) is 11.7. The molecule has 7 heteroatoms. The van der Waals surface area contributed by atoms with Gasteiger partial charge in [-0.3, -0.25) is 4.79 Å². The van der Waals surface area contributed by atoms with Crippen LogP contribution < -0.4 is 5.32 Å². The van der Waals surface area contributed by atoms with E-state index in [9.17, 15) is 9.59 Å². The normalized spacial score (nSPS) is 10.2. The highest BCUT2D eigenvalue weighted by Gasteiger charge is 2.15. The van der Waals surface area contributed by atoms with Crippen molar-refractivity contribution in [1.29, 1.82) is 0 Å². The summed E-state index contributed by atoms with van der Waals surface area (Å²) in [6, 6.07) is 8.10. The molecule has 2 aromatic rings. The molecule has 1 amide bonds. The Morgan fingerprint density at radius 3 is 2.47 bits per heavy atom. The topological polar surface area (TPSA) is 66.4 Å². The Labute approximate surface area is 129 Å². The van der Waals surface area contributed by atoms with E-state index in [-0.39, 0.29) is 17.2 Å². The van der Waals surface area contributed by atoms with Crippen molar-refractivity contribution >= 4 is 60.8 Å². The smallest absolute Gasteiger partial charge is 0.337 e. The Morgan fingerprint density at radius 1 is 1.16 bits per heavy atom. The highest BCUT2D eigenvalue weighted by molar-refractivity contribution is 9.11. The lowest BCUT2D eigenvalue weighted by Gasteiger charge is -2.07. The second kappa shape index (κ2) is 5.85. The number of hydrogen-bond acceptors (Lipinski definition) is 3. The Hall–Kier alpha value is -1.18. The molecule has 0 aliphatic rings. The van der Waals surface area contributed by atoms with Crippen LogP contribution in [0.3, 0.4) is 0 Å². The van der Waals surface area contributed by atoms with E-state index in [1.54, 1.807) is 24.3 Å². The van der Waals surface area contributed by atoms with E-state index < -0.39 is 5.97 Å². The predicted molar refractivity (Wildman–Crippen MR) is 81.1 cm³/mol. The molecule has 0 fully saturated rings. The number of thiophene rings is 1. The van der Waals surface area contributed by atoms with E-state index in [1.165, 1.54) is 17.4 Å². The number of nitrogens with one attached hydrogen (secondary N) is 1. The summed E-state index contributed by atoms with van der Waals surface area (Å²) in [6.07, 6.45) is 0. The molecule has 1 aromatic carbocycles. The largest absolute Gasteiger partial charge is 0.478 e. The van der Waals surface area contributed by atoms with Crippen LogP contribution in [0.4, 0.5) is 5.69 Å². The lowest BCUT2D eigenvalue weighted by Crippen LogP contribution is -2.13. The van der Waals surface area contributed by atoms with Crippen molar-refractivity contribution in [3.8, 4) is 0 Å². The third kappa shape index (κ3) is 3.43. The second-order valence-electron chi connectivity index (χ2n) is 3.55. The average molecular weight is 405 g/mol. The molecule has 1 aromatic heterocycles. The highest BCUT2D eigenvalue weighted by Crippen LogP contribution is 2.25. The Kier molecular flexibility index (Phi) is 4.38. The quantitative estimate of drug-likeness (QED) is 0.804. The van der Waals surface area contributed by atoms with Crippen LogP contribution in [-0.4, -0.2) is 17.0 Å². The lowest BCUT2D eigenvalue weighted by molar-refractivity contribution is 0.0698. The summed E-state index contributed by atoms with van der Waals surface area (Å²) in [4.78, 5) is 23.6. The minimum Gasteiger partial charge on any atom is -0.478 e. The van der Waals surface area contributed by atoms with Gasteiger partial charge < -0.3 is 10.4 Å². The molecule has 98 valence electrons. The first-order valence-electron chi connectivity index (χ1n) is 5.07. The van der Waals surface area contributed by atoms with Gasteiger partial charge in [-0.25, -0.2) is 4.79 Å². The molecule has 0 aliphatic heterocycles. The average Bonchev–Trinajstić information content (AvgIpc) is 2.78. The van der Waals surface area contributed by atoms with Crippen molar-refractivity contribution < 1.29 is 14.7 Å². The maximum Gasteiger partial charge on any atom is 0.337 e. The molecule has 0 radical (unpaired) electrons. The van der Waals surface area contributed by atoms with Crippen LogP contribution in [0.1, 0.15) is 20.0 Å². The number of amides is 1. The van der Waals surface area contributed by atoms with Crippen molar-refractivity contribution in [1.82, 2.24) is 0 Å². The first-order chi connectivity index (χ1) is 8.97. The van der Waals surface area contributed by atoms with Gasteiger partial charge in [0.15, 0.2) is 0 Å². The van der Waals surface area contributed by atoms with Gasteiger partial charge >= 0.3 is 5.97 Å². The molecular formula is C12H7Br2NO3S. The molecular weight excluding hydrogens is 398 g/mol. The fraction of sp³-hybridized carbons (Fsp3) is 0. The van der Waals surface area contributed by atoms with E-state index >= 15 is 0 Å². The zero-order valence-corrected chi connectivity index (χ0v) is 13.3. The number of carbonyl (C=O) groups is 2. The monoisotopic (exact) mass is 403 g/mol. The second-order valence-corrected chi connectivity index (χ2v) is 6.93. The summed E-state index contributed by atoms with van der Waals surface area (Å²) in [5.41, 5.74) is 0.309. The van der Waals surface area contributed by atoms with E-state index in [4.69, 9.17) is 5.11 Å². The summed E-state index contributed by atoms with van der Waals surface area (Å²) in [6.45, 7) is 0. The standard InChI is InChI=1S/C12H7Br2NO3S/c13-6-1-2-8(7(5-6)12(17)18)15-11(16)9-3-4-10(14)19-9/h1-5H,(H,15,16)(H,17,18). The van der Waals surface area contributed by atoms with Crippen molar-refractivity contribution in [2.24, 2.45) is 0 Å². The molecule has 0 saturated heterocycles. The molecule has 0 bridgehead atoms. The third-order valence-corrected chi connectivity index (χ3v) is 4.37. The van der Waals surface area contributed by atoms with Gasteiger partial charge in [-0.15, -0.1) is 11.3 Å². The minimum atomic E-state index is -1.09. The fourth-order valence-electron chi connectivity index (χ4n) is 1.42. The molecule has 0 spiro atoms. The van der Waals surface area contributed by atoms with Gasteiger partial charge in [-0.2, -0.15) is 0 Å². The maximum atomic E-state index is 12.0. The number of aromatic carboxylic acids is 1. The van der Waals surface area contributed by atoms with Gasteiger partial charge in [0.05, 0.1) is 19.9 Å². The van der Waals surface area contributed by atoms with Crippen LogP contribution in [0.5, 0.6) is 0 Å². The van der Waals surface area contributed by atoms with E-state index in [1.807, 2.05) is 0 Å². The molecule has 2 N–H and O–H groups in total. The van der Waals surface area contributed by atoms with Crippen molar-refractivity contribution in [2.45, 2.75) is 0 Å². The number of anilines is 1. The van der Waals surface area contributed by atoms with Gasteiger partial charge in [0, 0.05) is 4.47 Å². The number of hydrogen-bond donors (Lipinski definition) is 2. The first-order valence-corrected chi connectivity index (χ1v) is 7.47. The third-order valence-electron chi connectivity index (χ3n) is 2.26. The van der Waals surface area contributed by atoms with Gasteiger partial charge in [0.2, 0.25) is 0 Å². The van der Waals surface area contributed by atoms with Gasteiger partial charge in [-0.1, -0.05) is 15.9 Å². The van der Waals surface area contributed by atoms with Crippen molar-refractivity contribution in [3.63, 3.8) is 0 Å². The molecule has 1 heterocycles. The molecule has 19 heavy (non-hydrogen) atoms. The molecule has 0 saturated carbocycles. The minimum absolute atomic E-state index is 0.0401. The summed E-state index contributed by atoms with van der Waals surface area (Å²) in [7, 11) is 0. The van der Waals surface area contributed by atoms with Crippen LogP contribution in [0.2, 0.25) is 0 Å². The number of halogens is 2. The first kappa shape index (κ1) is 14.2. The number of carbonyl (C=O) groups excluding carboxylic acids is 1. The highest BCUT2D eigenvalue weighted by atomic mass is 79.9. The van der Waals surface area contributed by atoms with Gasteiger partial charge in [0.25, 0.3) is 5.91 Å². The van der Waals surface area contributed by atoms with Crippen LogP contribution in [0.15, 0.2) is 38.6 Å². The summed E-state index contributed by atoms with van der Waals surface area (Å²) < 4.78 is 1.48. The molecule has 0 unspecified atom stereocenters. The number of rotatable bonds is 3. The Balaban J connectivity index is 2.28. The van der Waals surface area contributed by atoms with E-state index in [0.29, 0.717) is 9.35 Å². The Morgan fingerprint density at radius 2 is 1.89 bits per heavy atom. The molecule has 0 aliphatic carbocycles. The predicted octanol–water partition coefficient (Wildman–Crippen LogP) is 4.22. The van der Waals surface area contributed by atoms with Crippen LogP contribution >= 0.6 is 43.2 Å². The van der Waals surface area contributed by atoms with E-state index in [2.05, 4.69) is 37.2 Å². The molecule has 4 nitrogen and oxygen atoms in total. The molecule has 2 rings (SSSR count). The molecule has 0 atom stereocenters. The lowest BCUT2D eigenvalue weighted by atomic mass is 10.2. The van der Waals surface area contributed by atoms with Crippen LogP contribution in [0.25, 0.3) is 0 Å².